The number of nitrogens with zero attached hydrogens (tertiary/aromatic N) is 2. The van der Waals surface area contributed by atoms with Crippen molar-refractivity contribution in [1.82, 2.24) is 15.5 Å². The summed E-state index contributed by atoms with van der Waals surface area (Å²) in [6, 6.07) is 5.89. The summed E-state index contributed by atoms with van der Waals surface area (Å²) in [5, 5.41) is 11.9. The Labute approximate surface area is 125 Å². The molecule has 0 aliphatic heterocycles. The summed E-state index contributed by atoms with van der Waals surface area (Å²) in [6.45, 7) is 2.30. The van der Waals surface area contributed by atoms with Gasteiger partial charge in [0.2, 0.25) is 0 Å². The number of rotatable bonds is 7. The first kappa shape index (κ1) is 14.7. The highest BCUT2D eigenvalue weighted by Crippen LogP contribution is 2.33. The summed E-state index contributed by atoms with van der Waals surface area (Å²) >= 11 is 9.16. The zero-order valence-corrected chi connectivity index (χ0v) is 12.8. The van der Waals surface area contributed by atoms with Gasteiger partial charge >= 0.3 is 0 Å². The van der Waals surface area contributed by atoms with Gasteiger partial charge in [-0.05, 0) is 17.7 Å². The Balaban J connectivity index is 2.04. The number of methoxy groups -OCH3 is 1. The van der Waals surface area contributed by atoms with E-state index in [2.05, 4.69) is 15.5 Å². The number of halogens is 1. The fraction of sp³-hybridized carbons (Fsp3) is 0.333. The Hall–Kier alpha value is -0.660. The number of hydrogen-bond donors (Lipinski definition) is 1. The van der Waals surface area contributed by atoms with Gasteiger partial charge < -0.3 is 10.1 Å². The summed E-state index contributed by atoms with van der Waals surface area (Å²) in [4.78, 5) is 1.11. The molecule has 0 bridgehead atoms. The van der Waals surface area contributed by atoms with Crippen molar-refractivity contribution in [2.24, 2.45) is 0 Å². The van der Waals surface area contributed by atoms with Crippen molar-refractivity contribution in [3.05, 3.63) is 34.3 Å². The van der Waals surface area contributed by atoms with E-state index >= 15 is 0 Å². The van der Waals surface area contributed by atoms with E-state index < -0.39 is 0 Å². The van der Waals surface area contributed by atoms with Gasteiger partial charge in [0.25, 0.3) is 0 Å². The van der Waals surface area contributed by atoms with Gasteiger partial charge in [-0.1, -0.05) is 40.8 Å². The lowest BCUT2D eigenvalue weighted by molar-refractivity contribution is 0.199. The van der Waals surface area contributed by atoms with E-state index in [1.54, 1.807) is 24.4 Å². The Morgan fingerprint density at radius 3 is 3.11 bits per heavy atom. The van der Waals surface area contributed by atoms with Gasteiger partial charge in [-0.3, -0.25) is 0 Å². The predicted molar refractivity (Wildman–Crippen MR) is 79.1 cm³/mol. The summed E-state index contributed by atoms with van der Waals surface area (Å²) in [5.74, 6) is 0. The van der Waals surface area contributed by atoms with Crippen LogP contribution in [0, 0.1) is 0 Å². The smallest absolute Gasteiger partial charge is 0.178 e. The second-order valence-electron chi connectivity index (χ2n) is 3.73. The molecule has 0 radical (unpaired) electrons. The van der Waals surface area contributed by atoms with Crippen molar-refractivity contribution in [2.45, 2.75) is 15.8 Å². The lowest BCUT2D eigenvalue weighted by Crippen LogP contribution is -2.18. The van der Waals surface area contributed by atoms with Crippen LogP contribution in [0.5, 0.6) is 0 Å². The first-order valence-corrected chi connectivity index (χ1v) is 7.79. The van der Waals surface area contributed by atoms with Crippen molar-refractivity contribution in [3.63, 3.8) is 0 Å². The van der Waals surface area contributed by atoms with E-state index in [4.69, 9.17) is 16.3 Å². The standard InChI is InChI=1S/C12H14ClN3OS2/c1-17-5-4-14-7-9-2-3-10(13)6-11(9)19-12-16-15-8-18-12/h2-3,6,8,14H,4-5,7H2,1H3. The molecule has 4 nitrogen and oxygen atoms in total. The molecule has 0 atom stereocenters. The number of benzene rings is 1. The van der Waals surface area contributed by atoms with Gasteiger partial charge in [-0.2, -0.15) is 0 Å². The van der Waals surface area contributed by atoms with Crippen LogP contribution in [0.3, 0.4) is 0 Å². The predicted octanol–water partition coefficient (Wildman–Crippen LogP) is 3.08. The first-order chi connectivity index (χ1) is 9.29. The molecule has 19 heavy (non-hydrogen) atoms. The van der Waals surface area contributed by atoms with E-state index in [1.807, 2.05) is 18.2 Å². The Kier molecular flexibility index (Phi) is 6.06. The summed E-state index contributed by atoms with van der Waals surface area (Å²) < 4.78 is 5.93. The highest BCUT2D eigenvalue weighted by molar-refractivity contribution is 8.01. The monoisotopic (exact) mass is 315 g/mol. The molecule has 1 aromatic heterocycles. The summed E-state index contributed by atoms with van der Waals surface area (Å²) in [5.41, 5.74) is 2.92. The zero-order chi connectivity index (χ0) is 13.5. The molecule has 7 heteroatoms. The maximum atomic E-state index is 6.05. The van der Waals surface area contributed by atoms with Crippen LogP contribution < -0.4 is 5.32 Å². The molecule has 102 valence electrons. The molecule has 0 aliphatic carbocycles. The largest absolute Gasteiger partial charge is 0.383 e. The summed E-state index contributed by atoms with van der Waals surface area (Å²) in [6.07, 6.45) is 0. The molecule has 2 rings (SSSR count). The lowest BCUT2D eigenvalue weighted by Gasteiger charge is -2.09. The second kappa shape index (κ2) is 7.81. The van der Waals surface area contributed by atoms with Gasteiger partial charge in [0.1, 0.15) is 5.51 Å². The van der Waals surface area contributed by atoms with Crippen molar-refractivity contribution in [2.75, 3.05) is 20.3 Å². The molecule has 0 saturated heterocycles. The van der Waals surface area contributed by atoms with Crippen LogP contribution >= 0.6 is 34.7 Å². The van der Waals surface area contributed by atoms with Gasteiger partial charge in [0.15, 0.2) is 4.34 Å². The van der Waals surface area contributed by atoms with Gasteiger partial charge in [0.05, 0.1) is 6.61 Å². The third kappa shape index (κ3) is 4.74. The van der Waals surface area contributed by atoms with Gasteiger partial charge in [0, 0.05) is 30.1 Å². The van der Waals surface area contributed by atoms with Crippen molar-refractivity contribution in [1.29, 1.82) is 0 Å². The molecule has 1 aromatic carbocycles. The maximum absolute atomic E-state index is 6.05. The quantitative estimate of drug-likeness (QED) is 0.796. The zero-order valence-electron chi connectivity index (χ0n) is 10.4. The van der Waals surface area contributed by atoms with Crippen molar-refractivity contribution in [3.8, 4) is 0 Å². The minimum absolute atomic E-state index is 0.701. The van der Waals surface area contributed by atoms with Crippen LogP contribution in [0.25, 0.3) is 0 Å². The first-order valence-electron chi connectivity index (χ1n) is 5.71. The van der Waals surface area contributed by atoms with E-state index in [1.165, 1.54) is 16.9 Å². The Bertz CT molecular complexity index is 508. The highest BCUT2D eigenvalue weighted by atomic mass is 35.5. The van der Waals surface area contributed by atoms with Crippen LogP contribution in [0.1, 0.15) is 5.56 Å². The van der Waals surface area contributed by atoms with Gasteiger partial charge in [-0.15, -0.1) is 10.2 Å². The number of nitrogens with one attached hydrogen (secondary N) is 1. The number of ether oxygens (including phenoxy) is 1. The summed E-state index contributed by atoms with van der Waals surface area (Å²) in [7, 11) is 1.70. The topological polar surface area (TPSA) is 47.0 Å². The maximum Gasteiger partial charge on any atom is 0.178 e. The van der Waals surface area contributed by atoms with Crippen LogP contribution in [-0.2, 0) is 11.3 Å². The Morgan fingerprint density at radius 1 is 1.47 bits per heavy atom. The Morgan fingerprint density at radius 2 is 2.37 bits per heavy atom. The molecule has 1 heterocycles. The van der Waals surface area contributed by atoms with Crippen LogP contribution in [0.4, 0.5) is 0 Å². The highest BCUT2D eigenvalue weighted by Gasteiger charge is 2.07. The van der Waals surface area contributed by atoms with E-state index in [0.717, 1.165) is 27.3 Å². The molecule has 2 aromatic rings. The van der Waals surface area contributed by atoms with Crippen LogP contribution in [0.15, 0.2) is 32.9 Å². The lowest BCUT2D eigenvalue weighted by atomic mass is 10.2. The fourth-order valence-electron chi connectivity index (χ4n) is 1.47. The van der Waals surface area contributed by atoms with Crippen LogP contribution in [0.2, 0.25) is 5.02 Å². The van der Waals surface area contributed by atoms with E-state index in [-0.39, 0.29) is 0 Å². The van der Waals surface area contributed by atoms with Crippen molar-refractivity contribution >= 4 is 34.7 Å². The minimum Gasteiger partial charge on any atom is -0.383 e. The number of aromatic nitrogens is 2. The average Bonchev–Trinajstić information content (AvgIpc) is 2.90. The van der Waals surface area contributed by atoms with E-state index in [0.29, 0.717) is 6.61 Å². The molecule has 0 spiro atoms. The number of hydrogen-bond acceptors (Lipinski definition) is 6. The fourth-order valence-corrected chi connectivity index (χ4v) is 3.31. The minimum atomic E-state index is 0.701. The average molecular weight is 316 g/mol. The second-order valence-corrected chi connectivity index (χ2v) is 6.29. The molecular formula is C12H14ClN3OS2. The molecule has 1 N–H and O–H groups in total. The van der Waals surface area contributed by atoms with Crippen molar-refractivity contribution < 1.29 is 4.74 Å². The molecule has 0 aliphatic rings. The normalized spacial score (nSPS) is 10.8. The molecule has 0 saturated carbocycles. The molecular weight excluding hydrogens is 302 g/mol. The van der Waals surface area contributed by atoms with Gasteiger partial charge in [-0.25, -0.2) is 0 Å². The molecule has 0 unspecified atom stereocenters. The van der Waals surface area contributed by atoms with E-state index in [9.17, 15) is 0 Å². The third-order valence-corrected chi connectivity index (χ3v) is 4.48. The third-order valence-electron chi connectivity index (χ3n) is 2.36. The molecule has 0 amide bonds. The molecule has 0 fully saturated rings. The SMILES string of the molecule is COCCNCc1ccc(Cl)cc1Sc1nncs1. The van der Waals surface area contributed by atoms with Crippen LogP contribution in [-0.4, -0.2) is 30.5 Å².